The number of rotatable bonds is 9. The Hall–Kier alpha value is -3.35. The van der Waals surface area contributed by atoms with Crippen molar-refractivity contribution in [3.8, 4) is 0 Å². The van der Waals surface area contributed by atoms with Crippen LogP contribution >= 0.6 is 0 Å². The molecule has 39 heavy (non-hydrogen) atoms. The van der Waals surface area contributed by atoms with Crippen LogP contribution in [0.3, 0.4) is 0 Å². The number of para-hydroxylation sites is 1. The lowest BCUT2D eigenvalue weighted by Gasteiger charge is -2.38. The van der Waals surface area contributed by atoms with Crippen molar-refractivity contribution in [3.05, 3.63) is 64.2 Å². The second kappa shape index (κ2) is 13.1. The molecule has 0 heterocycles. The normalized spacial score (nSPS) is 13.2. The molecule has 0 aliphatic rings. The Bertz CT molecular complexity index is 1160. The van der Waals surface area contributed by atoms with Gasteiger partial charge < -0.3 is 20.3 Å². The minimum absolute atomic E-state index is 0.117. The standard InChI is InChI=1S/C32H47N3O4/c1-19(2)17-26(33-31(38)39-32(9,10)11)30(37)35(20(3)4)28(25-16-15-21(5)18-24(25)8)29(36)34-27-22(6)13-12-14-23(27)7/h12-16,18-20,26,28H,17H2,1-11H3,(H,33,38)(H,34,36). The minimum Gasteiger partial charge on any atom is -0.444 e. The predicted molar refractivity (Wildman–Crippen MR) is 158 cm³/mol. The van der Waals surface area contributed by atoms with Crippen molar-refractivity contribution in [1.29, 1.82) is 0 Å². The van der Waals surface area contributed by atoms with Crippen molar-refractivity contribution in [2.75, 3.05) is 5.32 Å². The van der Waals surface area contributed by atoms with Crippen LogP contribution in [0.15, 0.2) is 36.4 Å². The fourth-order valence-corrected chi connectivity index (χ4v) is 4.76. The number of alkyl carbamates (subject to hydrolysis) is 1. The monoisotopic (exact) mass is 537 g/mol. The maximum absolute atomic E-state index is 14.3. The van der Waals surface area contributed by atoms with Gasteiger partial charge in [0.2, 0.25) is 5.91 Å². The molecule has 2 N–H and O–H groups in total. The SMILES string of the molecule is Cc1ccc(C(C(=O)Nc2c(C)cccc2C)N(C(=O)C(CC(C)C)NC(=O)OC(C)(C)C)C(C)C)c(C)c1. The number of hydrogen-bond donors (Lipinski definition) is 2. The zero-order valence-corrected chi connectivity index (χ0v) is 25.6. The molecule has 0 aromatic heterocycles. The molecule has 0 aliphatic carbocycles. The summed E-state index contributed by atoms with van der Waals surface area (Å²) in [4.78, 5) is 42.8. The lowest BCUT2D eigenvalue weighted by atomic mass is 9.94. The Balaban J connectivity index is 2.61. The number of amides is 3. The van der Waals surface area contributed by atoms with Gasteiger partial charge in [-0.2, -0.15) is 0 Å². The average molecular weight is 538 g/mol. The fraction of sp³-hybridized carbons (Fsp3) is 0.531. The largest absolute Gasteiger partial charge is 0.444 e. The van der Waals surface area contributed by atoms with Gasteiger partial charge in [-0.3, -0.25) is 9.59 Å². The molecule has 7 nitrogen and oxygen atoms in total. The molecular formula is C32H47N3O4. The number of benzene rings is 2. The van der Waals surface area contributed by atoms with Gasteiger partial charge in [0.15, 0.2) is 0 Å². The molecule has 0 bridgehead atoms. The van der Waals surface area contributed by atoms with Gasteiger partial charge in [-0.1, -0.05) is 55.8 Å². The van der Waals surface area contributed by atoms with E-state index in [4.69, 9.17) is 4.74 Å². The molecule has 2 aromatic carbocycles. The van der Waals surface area contributed by atoms with Crippen molar-refractivity contribution in [2.45, 2.75) is 106 Å². The Kier molecular flexibility index (Phi) is 10.7. The molecule has 2 rings (SSSR count). The Labute approximate surface area is 234 Å². The molecule has 2 unspecified atom stereocenters. The summed E-state index contributed by atoms with van der Waals surface area (Å²) in [6.45, 7) is 20.9. The highest BCUT2D eigenvalue weighted by Crippen LogP contribution is 2.31. The van der Waals surface area contributed by atoms with Crippen molar-refractivity contribution >= 4 is 23.6 Å². The topological polar surface area (TPSA) is 87.7 Å². The summed E-state index contributed by atoms with van der Waals surface area (Å²) in [5.74, 6) is -0.515. The molecule has 2 atom stereocenters. The van der Waals surface area contributed by atoms with E-state index in [1.165, 1.54) is 0 Å². The number of carbonyl (C=O) groups excluding carboxylic acids is 3. The van der Waals surface area contributed by atoms with E-state index in [0.717, 1.165) is 33.5 Å². The molecule has 0 saturated heterocycles. The minimum atomic E-state index is -0.910. The Morgan fingerprint density at radius 1 is 0.897 bits per heavy atom. The van der Waals surface area contributed by atoms with E-state index >= 15 is 0 Å². The average Bonchev–Trinajstić information content (AvgIpc) is 2.77. The summed E-state index contributed by atoms with van der Waals surface area (Å²) in [5.41, 5.74) is 4.63. The molecule has 0 aliphatic heterocycles. The fourth-order valence-electron chi connectivity index (χ4n) is 4.76. The van der Waals surface area contributed by atoms with E-state index in [9.17, 15) is 14.4 Å². The van der Waals surface area contributed by atoms with Crippen molar-refractivity contribution in [3.63, 3.8) is 0 Å². The summed E-state index contributed by atoms with van der Waals surface area (Å²) < 4.78 is 5.47. The summed E-state index contributed by atoms with van der Waals surface area (Å²) >= 11 is 0. The van der Waals surface area contributed by atoms with Gasteiger partial charge >= 0.3 is 6.09 Å². The molecule has 0 fully saturated rings. The number of aryl methyl sites for hydroxylation is 4. The van der Waals surface area contributed by atoms with Gasteiger partial charge in [0.05, 0.1) is 0 Å². The van der Waals surface area contributed by atoms with Crippen LogP contribution in [0.2, 0.25) is 0 Å². The third kappa shape index (κ3) is 8.84. The lowest BCUT2D eigenvalue weighted by Crippen LogP contribution is -2.54. The molecule has 7 heteroatoms. The first-order valence-electron chi connectivity index (χ1n) is 13.8. The van der Waals surface area contributed by atoms with E-state index in [0.29, 0.717) is 6.42 Å². The third-order valence-corrected chi connectivity index (χ3v) is 6.48. The van der Waals surface area contributed by atoms with Gasteiger partial charge in [0.25, 0.3) is 5.91 Å². The van der Waals surface area contributed by atoms with Crippen LogP contribution in [-0.2, 0) is 14.3 Å². The summed E-state index contributed by atoms with van der Waals surface area (Å²) in [6, 6.07) is 9.63. The maximum Gasteiger partial charge on any atom is 0.408 e. The van der Waals surface area contributed by atoms with Crippen LogP contribution < -0.4 is 10.6 Å². The maximum atomic E-state index is 14.3. The van der Waals surface area contributed by atoms with E-state index in [1.807, 2.05) is 91.8 Å². The molecule has 214 valence electrons. The molecular weight excluding hydrogens is 490 g/mol. The van der Waals surface area contributed by atoms with E-state index in [-0.39, 0.29) is 23.8 Å². The van der Waals surface area contributed by atoms with Crippen molar-refractivity contribution in [1.82, 2.24) is 10.2 Å². The third-order valence-electron chi connectivity index (χ3n) is 6.48. The van der Waals surface area contributed by atoms with Crippen LogP contribution in [0.1, 0.15) is 88.7 Å². The molecule has 0 spiro atoms. The van der Waals surface area contributed by atoms with E-state index in [1.54, 1.807) is 25.7 Å². The predicted octanol–water partition coefficient (Wildman–Crippen LogP) is 6.78. The summed E-state index contributed by atoms with van der Waals surface area (Å²) in [5, 5.41) is 5.91. The Morgan fingerprint density at radius 3 is 1.97 bits per heavy atom. The highest BCUT2D eigenvalue weighted by Gasteiger charge is 2.38. The molecule has 2 aromatic rings. The number of nitrogens with one attached hydrogen (secondary N) is 2. The first-order valence-corrected chi connectivity index (χ1v) is 13.8. The van der Waals surface area contributed by atoms with Gasteiger partial charge in [0, 0.05) is 11.7 Å². The molecule has 0 radical (unpaired) electrons. The smallest absolute Gasteiger partial charge is 0.408 e. The summed E-state index contributed by atoms with van der Waals surface area (Å²) in [6.07, 6.45) is -0.257. The molecule has 3 amide bonds. The zero-order chi connectivity index (χ0) is 29.7. The number of hydrogen-bond acceptors (Lipinski definition) is 4. The quantitative estimate of drug-likeness (QED) is 0.369. The van der Waals surface area contributed by atoms with E-state index in [2.05, 4.69) is 10.6 Å². The van der Waals surface area contributed by atoms with Gasteiger partial charge in [-0.05, 0) is 96.9 Å². The Morgan fingerprint density at radius 2 is 1.49 bits per heavy atom. The van der Waals surface area contributed by atoms with Crippen molar-refractivity contribution < 1.29 is 19.1 Å². The highest BCUT2D eigenvalue weighted by atomic mass is 16.6. The van der Waals surface area contributed by atoms with Crippen LogP contribution in [0.5, 0.6) is 0 Å². The first-order chi connectivity index (χ1) is 18.0. The first kappa shape index (κ1) is 31.9. The van der Waals surface area contributed by atoms with Crippen LogP contribution in [0, 0.1) is 33.6 Å². The second-order valence-electron chi connectivity index (χ2n) is 12.2. The lowest BCUT2D eigenvalue weighted by molar-refractivity contribution is -0.143. The highest BCUT2D eigenvalue weighted by molar-refractivity contribution is 6.00. The van der Waals surface area contributed by atoms with Gasteiger partial charge in [0.1, 0.15) is 17.7 Å². The summed E-state index contributed by atoms with van der Waals surface area (Å²) in [7, 11) is 0. The van der Waals surface area contributed by atoms with Crippen molar-refractivity contribution in [2.24, 2.45) is 5.92 Å². The zero-order valence-electron chi connectivity index (χ0n) is 25.6. The van der Waals surface area contributed by atoms with Gasteiger partial charge in [-0.15, -0.1) is 0 Å². The van der Waals surface area contributed by atoms with Crippen LogP contribution in [-0.4, -0.2) is 40.5 Å². The molecule has 0 saturated carbocycles. The van der Waals surface area contributed by atoms with Gasteiger partial charge in [-0.25, -0.2) is 4.79 Å². The van der Waals surface area contributed by atoms with E-state index < -0.39 is 23.8 Å². The van der Waals surface area contributed by atoms with Crippen LogP contribution in [0.4, 0.5) is 10.5 Å². The number of carbonyl (C=O) groups is 3. The van der Waals surface area contributed by atoms with Crippen LogP contribution in [0.25, 0.3) is 0 Å². The second-order valence-corrected chi connectivity index (χ2v) is 12.2. The number of anilines is 1. The number of nitrogens with zero attached hydrogens (tertiary/aromatic N) is 1. The number of ether oxygens (including phenoxy) is 1.